The first-order valence-corrected chi connectivity index (χ1v) is 23.2. The van der Waals surface area contributed by atoms with Crippen LogP contribution in [0.15, 0.2) is 76.4 Å². The highest BCUT2D eigenvalue weighted by Gasteiger charge is 2.34. The number of nitrogens with one attached hydrogen (secondary N) is 6. The van der Waals surface area contributed by atoms with Crippen molar-refractivity contribution in [1.82, 2.24) is 36.8 Å². The first-order valence-electron chi connectivity index (χ1n) is 23.2. The van der Waals surface area contributed by atoms with Crippen molar-refractivity contribution in [2.75, 3.05) is 20.1 Å². The molecule has 72 heavy (non-hydrogen) atoms. The SMILES string of the molecule is C=C1C(=O)N[C@H](C)C(=O)N[C@@H](CCCN=C(N)N)C(=O)N[C@@H](C(=O)O)CC(=O)N[C@@H](CCCN=C(N)N)C(=O)N[C@@H](/C=C/C(C)=C/[C@H](C)[C@@H](O)Cc2ccccc2)[C@H](C)C(=O)N[C@@H](C(=O)O)CCC(=O)N1C. The van der Waals surface area contributed by atoms with Crippen molar-refractivity contribution in [3.63, 3.8) is 0 Å². The smallest absolute Gasteiger partial charge is 0.326 e. The van der Waals surface area contributed by atoms with Crippen molar-refractivity contribution in [2.24, 2.45) is 44.8 Å². The Labute approximate surface area is 417 Å². The first-order chi connectivity index (χ1) is 33.8. The number of aliphatic imine (C=N–C) groups is 2. The Morgan fingerprint density at radius 1 is 0.792 bits per heavy atom. The van der Waals surface area contributed by atoms with E-state index in [0.717, 1.165) is 10.5 Å². The standard InChI is InChI=1S/C47H71N13O12/c1-25(22-26(2)36(61)23-30-12-8-7-9-13-30)16-17-31-27(3)39(64)58-34(44(69)70)18-19-38(63)60(6)29(5)41(66)54-28(4)40(65)57-33(15-11-21-53-47(50)51)43(68)59-35(45(71)72)24-37(62)55-32(42(67)56-31)14-10-20-52-46(48)49/h7-9,12-13,16-17,22,26-28,31-36,61H,5,10-11,14-15,18-21,23-24H2,1-4,6H3,(H,54,66)(H,55,62)(H,56,67)(H,57,65)(H,58,64)(H,59,68)(H,69,70)(H,71,72)(H4,48,49,52)(H4,50,51,53)/b17-16+,25-22+/t26-,27-,28+,31-,32-,33-,34+,35+,36-/m0/s1. The summed E-state index contributed by atoms with van der Waals surface area (Å²) in [5.74, 6) is -11.8. The number of aliphatic hydroxyl groups is 1. The molecule has 1 heterocycles. The van der Waals surface area contributed by atoms with Gasteiger partial charge in [-0.2, -0.15) is 0 Å². The Hall–Kier alpha value is -7.83. The van der Waals surface area contributed by atoms with Crippen LogP contribution >= 0.6 is 0 Å². The third kappa shape index (κ3) is 21.4. The Morgan fingerprint density at radius 3 is 1.89 bits per heavy atom. The minimum Gasteiger partial charge on any atom is -0.480 e. The van der Waals surface area contributed by atoms with E-state index >= 15 is 0 Å². The fourth-order valence-corrected chi connectivity index (χ4v) is 7.04. The predicted octanol–water partition coefficient (Wildman–Crippen LogP) is -2.27. The first kappa shape index (κ1) is 60.3. The number of carboxylic acid groups (broad SMARTS) is 2. The minimum absolute atomic E-state index is 0.00218. The third-order valence-electron chi connectivity index (χ3n) is 11.5. The van der Waals surface area contributed by atoms with Gasteiger partial charge in [0.05, 0.1) is 24.5 Å². The van der Waals surface area contributed by atoms with E-state index in [4.69, 9.17) is 22.9 Å². The Balaban J connectivity index is 2.68. The van der Waals surface area contributed by atoms with Crippen LogP contribution in [0.5, 0.6) is 0 Å². The van der Waals surface area contributed by atoms with Crippen molar-refractivity contribution in [1.29, 1.82) is 0 Å². The van der Waals surface area contributed by atoms with Crippen LogP contribution in [0.3, 0.4) is 0 Å². The number of benzene rings is 1. The highest BCUT2D eigenvalue weighted by atomic mass is 16.4. The summed E-state index contributed by atoms with van der Waals surface area (Å²) < 4.78 is 0. The summed E-state index contributed by atoms with van der Waals surface area (Å²) in [6.07, 6.45) is 2.37. The number of amides is 7. The molecule has 1 fully saturated rings. The monoisotopic (exact) mass is 1010 g/mol. The van der Waals surface area contributed by atoms with Crippen LogP contribution < -0.4 is 54.8 Å². The summed E-state index contributed by atoms with van der Waals surface area (Å²) in [5.41, 5.74) is 22.8. The largest absolute Gasteiger partial charge is 0.480 e. The van der Waals surface area contributed by atoms with Crippen LogP contribution in [-0.4, -0.2) is 148 Å². The zero-order chi connectivity index (χ0) is 54.2. The lowest BCUT2D eigenvalue weighted by atomic mass is 9.94. The molecule has 25 nitrogen and oxygen atoms in total. The molecule has 0 bridgehead atoms. The van der Waals surface area contributed by atoms with Gasteiger partial charge in [0.1, 0.15) is 35.9 Å². The van der Waals surface area contributed by atoms with Gasteiger partial charge >= 0.3 is 11.9 Å². The van der Waals surface area contributed by atoms with Gasteiger partial charge in [-0.15, -0.1) is 0 Å². The lowest BCUT2D eigenvalue weighted by Gasteiger charge is -2.27. The summed E-state index contributed by atoms with van der Waals surface area (Å²) in [6, 6.07) is 0.237. The Kier molecular flexibility index (Phi) is 25.1. The zero-order valence-corrected chi connectivity index (χ0v) is 41.3. The number of aliphatic carboxylic acids is 2. The van der Waals surface area contributed by atoms with Crippen LogP contribution in [0.2, 0.25) is 0 Å². The van der Waals surface area contributed by atoms with E-state index in [9.17, 15) is 58.5 Å². The van der Waals surface area contributed by atoms with Gasteiger partial charge in [0.2, 0.25) is 35.4 Å². The fraction of sp³-hybridized carbons (Fsp3) is 0.511. The van der Waals surface area contributed by atoms with E-state index in [1.54, 1.807) is 26.0 Å². The van der Waals surface area contributed by atoms with Crippen molar-refractivity contribution in [2.45, 2.75) is 121 Å². The summed E-state index contributed by atoms with van der Waals surface area (Å²) >= 11 is 0. The summed E-state index contributed by atoms with van der Waals surface area (Å²) in [5, 5.41) is 45.9. The van der Waals surface area contributed by atoms with Crippen LogP contribution in [-0.2, 0) is 49.6 Å². The van der Waals surface area contributed by atoms with Gasteiger partial charge in [-0.1, -0.05) is 74.6 Å². The molecule has 25 heteroatoms. The van der Waals surface area contributed by atoms with Crippen LogP contribution in [0, 0.1) is 11.8 Å². The number of rotatable bonds is 16. The van der Waals surface area contributed by atoms with E-state index in [-0.39, 0.29) is 56.6 Å². The maximum atomic E-state index is 14.2. The second-order valence-electron chi connectivity index (χ2n) is 17.4. The minimum atomic E-state index is -1.92. The number of hydrogen-bond acceptors (Lipinski definition) is 12. The fourth-order valence-electron chi connectivity index (χ4n) is 7.04. The van der Waals surface area contributed by atoms with Crippen LogP contribution in [0.1, 0.15) is 78.2 Å². The average molecular weight is 1010 g/mol. The second-order valence-corrected chi connectivity index (χ2v) is 17.4. The van der Waals surface area contributed by atoms with Gasteiger partial charge in [-0.05, 0) is 57.9 Å². The number of hydrogen-bond donors (Lipinski definition) is 13. The summed E-state index contributed by atoms with van der Waals surface area (Å²) in [6.45, 7) is 9.77. The number of allylic oxidation sites excluding steroid dienone is 2. The number of nitrogens with two attached hydrogens (primary N) is 4. The lowest BCUT2D eigenvalue weighted by molar-refractivity contribution is -0.144. The molecule has 1 aliphatic heterocycles. The molecule has 1 aromatic carbocycles. The molecule has 0 aromatic heterocycles. The molecule has 396 valence electrons. The normalized spacial score (nSPS) is 23.9. The molecule has 9 atom stereocenters. The van der Waals surface area contributed by atoms with E-state index in [1.165, 1.54) is 27.0 Å². The van der Waals surface area contributed by atoms with E-state index in [0.29, 0.717) is 12.0 Å². The lowest BCUT2D eigenvalue weighted by Crippen LogP contribution is -2.56. The zero-order valence-electron chi connectivity index (χ0n) is 41.3. The van der Waals surface area contributed by atoms with E-state index in [2.05, 4.69) is 48.5 Å². The van der Waals surface area contributed by atoms with Crippen molar-refractivity contribution in [3.8, 4) is 0 Å². The van der Waals surface area contributed by atoms with Gasteiger partial charge in [0.25, 0.3) is 5.91 Å². The molecule has 1 saturated heterocycles. The van der Waals surface area contributed by atoms with Crippen molar-refractivity contribution >= 4 is 65.2 Å². The molecule has 0 saturated carbocycles. The Bertz CT molecular complexity index is 2230. The van der Waals surface area contributed by atoms with Gasteiger partial charge < -0.3 is 75.1 Å². The van der Waals surface area contributed by atoms with Crippen LogP contribution in [0.25, 0.3) is 0 Å². The molecule has 1 aromatic rings. The number of carbonyl (C=O) groups is 9. The average Bonchev–Trinajstić information content (AvgIpc) is 3.31. The summed E-state index contributed by atoms with van der Waals surface area (Å²) in [4.78, 5) is 129. The molecule has 0 radical (unpaired) electrons. The number of likely N-dealkylation sites (N-methyl/N-ethyl adjacent to an activating group) is 1. The number of aliphatic hydroxyl groups excluding tert-OH is 1. The second kappa shape index (κ2) is 30.0. The number of carbonyl (C=O) groups excluding carboxylic acids is 7. The third-order valence-corrected chi connectivity index (χ3v) is 11.5. The van der Waals surface area contributed by atoms with Gasteiger partial charge in [0, 0.05) is 32.5 Å². The molecular weight excluding hydrogens is 939 g/mol. The molecule has 1 aliphatic rings. The van der Waals surface area contributed by atoms with Crippen LogP contribution in [0.4, 0.5) is 0 Å². The maximum Gasteiger partial charge on any atom is 0.326 e. The molecule has 2 rings (SSSR count). The van der Waals surface area contributed by atoms with Crippen molar-refractivity contribution < 1.29 is 58.5 Å². The van der Waals surface area contributed by atoms with Gasteiger partial charge in [-0.3, -0.25) is 43.5 Å². The van der Waals surface area contributed by atoms with E-state index < -0.39 is 127 Å². The topological polar surface area (TPSA) is 419 Å². The molecule has 0 aliphatic carbocycles. The molecule has 7 amide bonds. The molecular formula is C47H71N13O12. The van der Waals surface area contributed by atoms with E-state index in [1.807, 2.05) is 30.3 Å². The highest BCUT2D eigenvalue weighted by molar-refractivity contribution is 6.00. The highest BCUT2D eigenvalue weighted by Crippen LogP contribution is 2.17. The number of carboxylic acids is 2. The molecule has 0 spiro atoms. The van der Waals surface area contributed by atoms with Crippen molar-refractivity contribution in [3.05, 3.63) is 72.0 Å². The summed E-state index contributed by atoms with van der Waals surface area (Å²) in [7, 11) is 1.18. The van der Waals surface area contributed by atoms with Gasteiger partial charge in [0.15, 0.2) is 11.9 Å². The maximum absolute atomic E-state index is 14.2. The number of nitrogens with zero attached hydrogens (tertiary/aromatic N) is 3. The number of guanidine groups is 2. The molecule has 0 unspecified atom stereocenters. The quantitative estimate of drug-likeness (QED) is 0.0273. The molecule has 17 N–H and O–H groups in total. The Morgan fingerprint density at radius 2 is 1.33 bits per heavy atom. The van der Waals surface area contributed by atoms with Gasteiger partial charge in [-0.25, -0.2) is 9.59 Å². The predicted molar refractivity (Wildman–Crippen MR) is 265 cm³/mol.